The molecular weight excluding hydrogens is 449 g/mol. The molecule has 0 saturated heterocycles. The lowest BCUT2D eigenvalue weighted by Gasteiger charge is -2.14. The Bertz CT molecular complexity index is 594. The quantitative estimate of drug-likeness (QED) is 0.225. The summed E-state index contributed by atoms with van der Waals surface area (Å²) < 4.78 is 5.33. The number of hydrogen-bond donors (Lipinski definition) is 3. The lowest BCUT2D eigenvalue weighted by molar-refractivity contribution is 0.187. The van der Waals surface area contributed by atoms with Crippen LogP contribution in [-0.2, 0) is 6.42 Å². The summed E-state index contributed by atoms with van der Waals surface area (Å²) in [6, 6.07) is 13.4. The standard InChI is InChI=1S/C18H25N3O2S.HI/c1-24-13-11-20-18(19-10-9-16-8-5-12-23-16)21-14-17(22)15-6-3-2-4-7-15;/h2-8,12,17,22H,9-11,13-14H2,1H3,(H2,19,20,21);1H. The SMILES string of the molecule is CSCCNC(=NCC(O)c1ccccc1)NCCc1ccco1.I. The number of rotatable bonds is 9. The maximum absolute atomic E-state index is 10.2. The molecule has 1 aromatic heterocycles. The van der Waals surface area contributed by atoms with E-state index in [2.05, 4.69) is 21.9 Å². The van der Waals surface area contributed by atoms with E-state index in [4.69, 9.17) is 4.42 Å². The van der Waals surface area contributed by atoms with Gasteiger partial charge in [-0.15, -0.1) is 24.0 Å². The third kappa shape index (κ3) is 8.64. The van der Waals surface area contributed by atoms with Crippen LogP contribution < -0.4 is 10.6 Å². The summed E-state index contributed by atoms with van der Waals surface area (Å²) in [6.45, 7) is 1.87. The number of furan rings is 1. The van der Waals surface area contributed by atoms with Crippen molar-refractivity contribution in [2.75, 3.05) is 31.6 Å². The number of aliphatic hydroxyl groups excluding tert-OH is 1. The molecule has 0 amide bonds. The predicted molar refractivity (Wildman–Crippen MR) is 116 cm³/mol. The molecule has 1 unspecified atom stereocenters. The van der Waals surface area contributed by atoms with E-state index in [0.717, 1.165) is 36.6 Å². The zero-order valence-electron chi connectivity index (χ0n) is 14.4. The highest BCUT2D eigenvalue weighted by atomic mass is 127. The van der Waals surface area contributed by atoms with E-state index in [-0.39, 0.29) is 24.0 Å². The van der Waals surface area contributed by atoms with Gasteiger partial charge in [0.15, 0.2) is 5.96 Å². The molecule has 0 radical (unpaired) electrons. The molecule has 3 N–H and O–H groups in total. The van der Waals surface area contributed by atoms with Crippen molar-refractivity contribution < 1.29 is 9.52 Å². The van der Waals surface area contributed by atoms with Crippen LogP contribution >= 0.6 is 35.7 Å². The number of halogens is 1. The number of aliphatic imine (C=N–C) groups is 1. The van der Waals surface area contributed by atoms with Gasteiger partial charge in [-0.1, -0.05) is 30.3 Å². The Hall–Kier alpha value is -1.19. The highest BCUT2D eigenvalue weighted by molar-refractivity contribution is 14.0. The zero-order valence-corrected chi connectivity index (χ0v) is 17.5. The molecule has 0 aliphatic heterocycles. The highest BCUT2D eigenvalue weighted by Crippen LogP contribution is 2.11. The highest BCUT2D eigenvalue weighted by Gasteiger charge is 2.07. The first-order valence-corrected chi connectivity index (χ1v) is 9.45. The van der Waals surface area contributed by atoms with Gasteiger partial charge in [0, 0.05) is 25.3 Å². The topological polar surface area (TPSA) is 69.8 Å². The van der Waals surface area contributed by atoms with Crippen LogP contribution in [0.4, 0.5) is 0 Å². The fourth-order valence-corrected chi connectivity index (χ4v) is 2.47. The van der Waals surface area contributed by atoms with E-state index in [1.54, 1.807) is 18.0 Å². The van der Waals surface area contributed by atoms with Gasteiger partial charge in [0.25, 0.3) is 0 Å². The van der Waals surface area contributed by atoms with E-state index >= 15 is 0 Å². The zero-order chi connectivity index (χ0) is 17.0. The molecule has 0 spiro atoms. The Morgan fingerprint density at radius 1 is 1.16 bits per heavy atom. The van der Waals surface area contributed by atoms with Crippen molar-refractivity contribution >= 4 is 41.7 Å². The molecule has 138 valence electrons. The molecule has 1 atom stereocenters. The Morgan fingerprint density at radius 2 is 1.92 bits per heavy atom. The molecule has 0 aliphatic rings. The minimum Gasteiger partial charge on any atom is -0.469 e. The molecule has 7 heteroatoms. The summed E-state index contributed by atoms with van der Waals surface area (Å²) in [5, 5.41) is 16.8. The number of nitrogens with one attached hydrogen (secondary N) is 2. The monoisotopic (exact) mass is 475 g/mol. The van der Waals surface area contributed by atoms with E-state index in [0.29, 0.717) is 12.5 Å². The lowest BCUT2D eigenvalue weighted by Crippen LogP contribution is -2.39. The maximum atomic E-state index is 10.2. The Kier molecular flexibility index (Phi) is 11.4. The second-order valence-corrected chi connectivity index (χ2v) is 6.28. The van der Waals surface area contributed by atoms with Crippen molar-refractivity contribution in [3.05, 3.63) is 60.1 Å². The van der Waals surface area contributed by atoms with Gasteiger partial charge >= 0.3 is 0 Å². The van der Waals surface area contributed by atoms with Gasteiger partial charge in [-0.25, -0.2) is 0 Å². The molecule has 1 aromatic carbocycles. The van der Waals surface area contributed by atoms with Crippen molar-refractivity contribution in [1.82, 2.24) is 10.6 Å². The molecule has 25 heavy (non-hydrogen) atoms. The van der Waals surface area contributed by atoms with Gasteiger partial charge in [0.05, 0.1) is 18.9 Å². The minimum atomic E-state index is -0.601. The average molecular weight is 475 g/mol. The summed E-state index contributed by atoms with van der Waals surface area (Å²) in [4.78, 5) is 4.50. The van der Waals surface area contributed by atoms with Crippen LogP contribution in [0.25, 0.3) is 0 Å². The summed E-state index contributed by atoms with van der Waals surface area (Å²) in [7, 11) is 0. The summed E-state index contributed by atoms with van der Waals surface area (Å²) in [5.74, 6) is 2.65. The van der Waals surface area contributed by atoms with Gasteiger partial charge in [0.1, 0.15) is 5.76 Å². The number of nitrogens with zero attached hydrogens (tertiary/aromatic N) is 1. The van der Waals surface area contributed by atoms with Crippen molar-refractivity contribution in [3.63, 3.8) is 0 Å². The van der Waals surface area contributed by atoms with Gasteiger partial charge in [-0.2, -0.15) is 11.8 Å². The lowest BCUT2D eigenvalue weighted by atomic mass is 10.1. The van der Waals surface area contributed by atoms with Crippen LogP contribution in [0.3, 0.4) is 0 Å². The molecule has 1 heterocycles. The first-order chi connectivity index (χ1) is 11.8. The third-order valence-electron chi connectivity index (χ3n) is 3.45. The molecule has 5 nitrogen and oxygen atoms in total. The molecule has 2 rings (SSSR count). The first-order valence-electron chi connectivity index (χ1n) is 8.06. The molecule has 0 fully saturated rings. The van der Waals surface area contributed by atoms with E-state index in [1.165, 1.54) is 0 Å². The van der Waals surface area contributed by atoms with Crippen LogP contribution in [0.1, 0.15) is 17.4 Å². The normalized spacial score (nSPS) is 12.3. The number of hydrogen-bond acceptors (Lipinski definition) is 4. The van der Waals surface area contributed by atoms with Crippen molar-refractivity contribution in [2.24, 2.45) is 4.99 Å². The molecule has 2 aromatic rings. The van der Waals surface area contributed by atoms with Gasteiger partial charge in [0.2, 0.25) is 0 Å². The van der Waals surface area contributed by atoms with Gasteiger partial charge in [-0.05, 0) is 24.0 Å². The number of thioether (sulfide) groups is 1. The summed E-state index contributed by atoms with van der Waals surface area (Å²) in [6.07, 6.45) is 3.94. The molecule has 0 saturated carbocycles. The average Bonchev–Trinajstić information content (AvgIpc) is 3.13. The van der Waals surface area contributed by atoms with Crippen LogP contribution in [0.2, 0.25) is 0 Å². The molecule has 0 aliphatic carbocycles. The van der Waals surface area contributed by atoms with E-state index < -0.39 is 6.10 Å². The first kappa shape index (κ1) is 21.9. The second kappa shape index (κ2) is 13.1. The molecular formula is C18H26IN3O2S. The van der Waals surface area contributed by atoms with Crippen LogP contribution in [0.5, 0.6) is 0 Å². The number of aliphatic hydroxyl groups is 1. The third-order valence-corrected chi connectivity index (χ3v) is 4.06. The summed E-state index contributed by atoms with van der Waals surface area (Å²) in [5.41, 5.74) is 0.875. The van der Waals surface area contributed by atoms with Crippen LogP contribution in [-0.4, -0.2) is 42.7 Å². The second-order valence-electron chi connectivity index (χ2n) is 5.29. The number of guanidine groups is 1. The molecule has 0 bridgehead atoms. The summed E-state index contributed by atoms with van der Waals surface area (Å²) >= 11 is 1.78. The fraction of sp³-hybridized carbons (Fsp3) is 0.389. The Labute approximate surface area is 170 Å². The largest absolute Gasteiger partial charge is 0.469 e. The smallest absolute Gasteiger partial charge is 0.191 e. The van der Waals surface area contributed by atoms with E-state index in [1.807, 2.05) is 42.5 Å². The Balaban J connectivity index is 0.00000312. The van der Waals surface area contributed by atoms with Crippen LogP contribution in [0, 0.1) is 0 Å². The Morgan fingerprint density at radius 3 is 2.60 bits per heavy atom. The fourth-order valence-electron chi connectivity index (χ4n) is 2.16. The maximum Gasteiger partial charge on any atom is 0.191 e. The van der Waals surface area contributed by atoms with Gasteiger partial charge in [-0.3, -0.25) is 4.99 Å². The predicted octanol–water partition coefficient (Wildman–Crippen LogP) is 3.07. The van der Waals surface area contributed by atoms with E-state index in [9.17, 15) is 5.11 Å². The van der Waals surface area contributed by atoms with Crippen molar-refractivity contribution in [2.45, 2.75) is 12.5 Å². The minimum absolute atomic E-state index is 0. The van der Waals surface area contributed by atoms with Crippen molar-refractivity contribution in [1.29, 1.82) is 0 Å². The van der Waals surface area contributed by atoms with Crippen molar-refractivity contribution in [3.8, 4) is 0 Å². The number of benzene rings is 1. The van der Waals surface area contributed by atoms with Crippen LogP contribution in [0.15, 0.2) is 58.1 Å². The van der Waals surface area contributed by atoms with Gasteiger partial charge < -0.3 is 20.2 Å².